The minimum Gasteiger partial charge on any atom is -0.298 e. The van der Waals surface area contributed by atoms with E-state index in [4.69, 9.17) is 0 Å². The van der Waals surface area contributed by atoms with Gasteiger partial charge in [0.15, 0.2) is 0 Å². The van der Waals surface area contributed by atoms with Crippen LogP contribution >= 0.6 is 0 Å². The molecular weight excluding hydrogens is 277 g/mol. The molecule has 0 aliphatic carbocycles. The molecule has 2 aromatic rings. The zero-order valence-corrected chi connectivity index (χ0v) is 11.0. The summed E-state index contributed by atoms with van der Waals surface area (Å²) in [5, 5.41) is 0. The normalized spacial score (nSPS) is 13.8. The molecule has 2 aromatic carbocycles. The molecule has 0 aliphatic heterocycles. The highest BCUT2D eigenvalue weighted by atomic mass is 19.4. The summed E-state index contributed by atoms with van der Waals surface area (Å²) >= 11 is 0. The van der Waals surface area contributed by atoms with Gasteiger partial charge in [-0.2, -0.15) is 13.2 Å². The van der Waals surface area contributed by atoms with Crippen LogP contribution in [0.2, 0.25) is 0 Å². The van der Waals surface area contributed by atoms with Gasteiger partial charge in [-0.05, 0) is 11.1 Å². The molecule has 21 heavy (non-hydrogen) atoms. The van der Waals surface area contributed by atoms with Crippen LogP contribution in [0.4, 0.5) is 13.2 Å². The monoisotopic (exact) mass is 290 g/mol. The SMILES string of the molecule is O=CC(=CC(c1ccccc1)C(F)(F)F)c1ccccc1. The van der Waals surface area contributed by atoms with E-state index in [0.29, 0.717) is 11.8 Å². The first kappa shape index (κ1) is 15.0. The van der Waals surface area contributed by atoms with Crippen LogP contribution in [-0.2, 0) is 4.79 Å². The smallest absolute Gasteiger partial charge is 0.298 e. The molecule has 0 N–H and O–H groups in total. The van der Waals surface area contributed by atoms with Gasteiger partial charge in [0.25, 0.3) is 0 Å². The van der Waals surface area contributed by atoms with Gasteiger partial charge in [0.05, 0.1) is 5.92 Å². The number of rotatable bonds is 4. The van der Waals surface area contributed by atoms with Crippen LogP contribution in [0.1, 0.15) is 17.0 Å². The van der Waals surface area contributed by atoms with E-state index in [0.717, 1.165) is 6.08 Å². The summed E-state index contributed by atoms with van der Waals surface area (Å²) in [6.45, 7) is 0. The van der Waals surface area contributed by atoms with E-state index in [9.17, 15) is 18.0 Å². The average molecular weight is 290 g/mol. The van der Waals surface area contributed by atoms with Crippen LogP contribution in [0, 0.1) is 0 Å². The third kappa shape index (κ3) is 3.81. The van der Waals surface area contributed by atoms with Crippen molar-refractivity contribution in [2.75, 3.05) is 0 Å². The summed E-state index contributed by atoms with van der Waals surface area (Å²) in [6.07, 6.45) is -3.03. The highest BCUT2D eigenvalue weighted by Gasteiger charge is 2.39. The highest BCUT2D eigenvalue weighted by Crippen LogP contribution is 2.37. The molecule has 0 saturated carbocycles. The fourth-order valence-electron chi connectivity index (χ4n) is 2.05. The molecule has 2 rings (SSSR count). The number of hydrogen-bond acceptors (Lipinski definition) is 1. The quantitative estimate of drug-likeness (QED) is 0.593. The minimum absolute atomic E-state index is 0.0294. The van der Waals surface area contributed by atoms with Crippen LogP contribution in [-0.4, -0.2) is 12.5 Å². The lowest BCUT2D eigenvalue weighted by Crippen LogP contribution is -2.19. The van der Waals surface area contributed by atoms with Crippen molar-refractivity contribution in [1.82, 2.24) is 0 Å². The van der Waals surface area contributed by atoms with Gasteiger partial charge in [0, 0.05) is 5.57 Å². The maximum Gasteiger partial charge on any atom is 0.399 e. The van der Waals surface area contributed by atoms with Gasteiger partial charge in [-0.3, -0.25) is 4.79 Å². The van der Waals surface area contributed by atoms with Crippen LogP contribution in [0.25, 0.3) is 5.57 Å². The largest absolute Gasteiger partial charge is 0.399 e. The van der Waals surface area contributed by atoms with Crippen molar-refractivity contribution in [3.8, 4) is 0 Å². The third-order valence-corrected chi connectivity index (χ3v) is 3.09. The molecule has 4 heteroatoms. The molecule has 0 amide bonds. The van der Waals surface area contributed by atoms with Gasteiger partial charge in [-0.15, -0.1) is 0 Å². The van der Waals surface area contributed by atoms with E-state index in [-0.39, 0.29) is 11.1 Å². The first-order valence-corrected chi connectivity index (χ1v) is 6.36. The van der Waals surface area contributed by atoms with E-state index in [2.05, 4.69) is 0 Å². The molecule has 1 unspecified atom stereocenters. The third-order valence-electron chi connectivity index (χ3n) is 3.09. The van der Waals surface area contributed by atoms with Gasteiger partial charge in [-0.25, -0.2) is 0 Å². The number of halogens is 3. The summed E-state index contributed by atoms with van der Waals surface area (Å²) in [7, 11) is 0. The fraction of sp³-hybridized carbons (Fsp3) is 0.118. The molecule has 0 heterocycles. The Bertz CT molecular complexity index is 615. The van der Waals surface area contributed by atoms with Crippen LogP contribution in [0.5, 0.6) is 0 Å². The predicted octanol–water partition coefficient (Wildman–Crippen LogP) is 4.62. The molecule has 0 aromatic heterocycles. The Kier molecular flexibility index (Phi) is 4.58. The molecule has 1 nitrogen and oxygen atoms in total. The number of carbonyl (C=O) groups excluding carboxylic acids is 1. The zero-order chi connectivity index (χ0) is 15.3. The van der Waals surface area contributed by atoms with Crippen molar-refractivity contribution >= 4 is 11.9 Å². The van der Waals surface area contributed by atoms with Gasteiger partial charge >= 0.3 is 6.18 Å². The molecule has 1 atom stereocenters. The highest BCUT2D eigenvalue weighted by molar-refractivity contribution is 6.07. The molecular formula is C17H13F3O. The first-order chi connectivity index (χ1) is 10.0. The van der Waals surface area contributed by atoms with E-state index < -0.39 is 12.1 Å². The van der Waals surface area contributed by atoms with Crippen molar-refractivity contribution in [1.29, 1.82) is 0 Å². The molecule has 0 saturated heterocycles. The van der Waals surface area contributed by atoms with Crippen molar-refractivity contribution in [3.63, 3.8) is 0 Å². The van der Waals surface area contributed by atoms with Crippen molar-refractivity contribution in [2.24, 2.45) is 0 Å². The maximum absolute atomic E-state index is 13.3. The van der Waals surface area contributed by atoms with Crippen LogP contribution in [0.15, 0.2) is 66.7 Å². The van der Waals surface area contributed by atoms with Crippen LogP contribution < -0.4 is 0 Å². The van der Waals surface area contributed by atoms with E-state index >= 15 is 0 Å². The number of hydrogen-bond donors (Lipinski definition) is 0. The number of carbonyl (C=O) groups is 1. The van der Waals surface area contributed by atoms with Crippen molar-refractivity contribution < 1.29 is 18.0 Å². The molecule has 0 bridgehead atoms. The summed E-state index contributed by atoms with van der Waals surface area (Å²) in [6, 6.07) is 15.9. The topological polar surface area (TPSA) is 17.1 Å². The Morgan fingerprint density at radius 2 is 1.43 bits per heavy atom. The van der Waals surface area contributed by atoms with Gasteiger partial charge in [0.2, 0.25) is 0 Å². The van der Waals surface area contributed by atoms with Gasteiger partial charge in [-0.1, -0.05) is 66.7 Å². The Hall–Kier alpha value is -2.36. The fourth-order valence-corrected chi connectivity index (χ4v) is 2.05. The van der Waals surface area contributed by atoms with E-state index in [1.807, 2.05) is 0 Å². The Balaban J connectivity index is 2.47. The van der Waals surface area contributed by atoms with E-state index in [1.54, 1.807) is 48.5 Å². The number of allylic oxidation sites excluding steroid dienone is 2. The maximum atomic E-state index is 13.3. The van der Waals surface area contributed by atoms with Crippen molar-refractivity contribution in [2.45, 2.75) is 12.1 Å². The molecule has 0 fully saturated rings. The average Bonchev–Trinajstić information content (AvgIpc) is 2.49. The second-order valence-electron chi connectivity index (χ2n) is 4.54. The lowest BCUT2D eigenvalue weighted by atomic mass is 9.94. The first-order valence-electron chi connectivity index (χ1n) is 6.36. The van der Waals surface area contributed by atoms with Gasteiger partial charge in [0.1, 0.15) is 6.29 Å². The molecule has 108 valence electrons. The van der Waals surface area contributed by atoms with E-state index in [1.165, 1.54) is 12.1 Å². The lowest BCUT2D eigenvalue weighted by Gasteiger charge is -2.18. The lowest BCUT2D eigenvalue weighted by molar-refractivity contribution is -0.139. The second-order valence-corrected chi connectivity index (χ2v) is 4.54. The molecule has 0 radical (unpaired) electrons. The summed E-state index contributed by atoms with van der Waals surface area (Å²) < 4.78 is 39.8. The molecule has 0 spiro atoms. The zero-order valence-electron chi connectivity index (χ0n) is 11.0. The minimum atomic E-state index is -4.45. The van der Waals surface area contributed by atoms with Gasteiger partial charge < -0.3 is 0 Å². The number of aldehydes is 1. The Morgan fingerprint density at radius 3 is 1.90 bits per heavy atom. The Labute approximate surface area is 120 Å². The summed E-state index contributed by atoms with van der Waals surface area (Å²) in [5.74, 6) is -1.81. The van der Waals surface area contributed by atoms with Crippen molar-refractivity contribution in [3.05, 3.63) is 77.9 Å². The molecule has 0 aliphatic rings. The predicted molar refractivity (Wildman–Crippen MR) is 75.7 cm³/mol. The second kappa shape index (κ2) is 6.39. The van der Waals surface area contributed by atoms with Crippen LogP contribution in [0.3, 0.4) is 0 Å². The number of benzene rings is 2. The number of alkyl halides is 3. The standard InChI is InChI=1S/C17H13F3O/c18-17(19,20)16(14-9-5-2-6-10-14)11-15(12-21)13-7-3-1-4-8-13/h1-12,16H. The summed E-state index contributed by atoms with van der Waals surface area (Å²) in [4.78, 5) is 11.2. The Morgan fingerprint density at radius 1 is 0.905 bits per heavy atom. The summed E-state index contributed by atoms with van der Waals surface area (Å²) in [5.41, 5.74) is 0.611.